The molecule has 0 aliphatic carbocycles. The van der Waals surface area contributed by atoms with Crippen molar-refractivity contribution in [2.45, 2.75) is 45.4 Å². The summed E-state index contributed by atoms with van der Waals surface area (Å²) >= 11 is 12.0. The van der Waals surface area contributed by atoms with Crippen LogP contribution in [0.25, 0.3) is 0 Å². The Morgan fingerprint density at radius 3 is 2.24 bits per heavy atom. The minimum absolute atomic E-state index is 0.0529. The lowest BCUT2D eigenvalue weighted by atomic mass is 10.0. The summed E-state index contributed by atoms with van der Waals surface area (Å²) in [5, 5.41) is 0.909. The van der Waals surface area contributed by atoms with Crippen LogP contribution in [0.1, 0.15) is 55.8 Å². The Kier molecular flexibility index (Phi) is 6.61. The van der Waals surface area contributed by atoms with E-state index in [0.29, 0.717) is 22.0 Å². The first-order valence-electron chi connectivity index (χ1n) is 6.14. The number of hydrogen-bond donors (Lipinski definition) is 0. The van der Waals surface area contributed by atoms with Crippen LogP contribution in [0, 0.1) is 0 Å². The van der Waals surface area contributed by atoms with E-state index in [1.165, 1.54) is 19.3 Å². The molecule has 0 heterocycles. The predicted octanol–water partition coefficient (Wildman–Crippen LogP) is 5.54. The second kappa shape index (κ2) is 7.73. The molecule has 1 aromatic rings. The van der Waals surface area contributed by atoms with Gasteiger partial charge in [0.15, 0.2) is 5.78 Å². The van der Waals surface area contributed by atoms with E-state index >= 15 is 0 Å². The van der Waals surface area contributed by atoms with Crippen LogP contribution in [-0.2, 0) is 0 Å². The maximum absolute atomic E-state index is 12.0. The number of carbonyl (C=O) groups excluding carboxylic acids is 1. The van der Waals surface area contributed by atoms with Gasteiger partial charge in [0.1, 0.15) is 0 Å². The summed E-state index contributed by atoms with van der Waals surface area (Å²) in [5.41, 5.74) is 0.478. The average Bonchev–Trinajstić information content (AvgIpc) is 2.28. The molecule has 0 amide bonds. The molecule has 0 aliphatic rings. The first-order chi connectivity index (χ1) is 8.16. The van der Waals surface area contributed by atoms with E-state index in [0.717, 1.165) is 12.8 Å². The number of hydrogen-bond acceptors (Lipinski definition) is 1. The maximum Gasteiger partial charge on any atom is 0.165 e. The van der Waals surface area contributed by atoms with Crippen molar-refractivity contribution in [3.05, 3.63) is 33.8 Å². The predicted molar refractivity (Wildman–Crippen MR) is 74.2 cm³/mol. The fourth-order valence-corrected chi connectivity index (χ4v) is 2.39. The maximum atomic E-state index is 12.0. The fourth-order valence-electron chi connectivity index (χ4n) is 1.78. The third kappa shape index (κ3) is 4.69. The number of rotatable bonds is 7. The van der Waals surface area contributed by atoms with Crippen LogP contribution < -0.4 is 0 Å². The summed E-state index contributed by atoms with van der Waals surface area (Å²) in [6.07, 6.45) is 6.20. The van der Waals surface area contributed by atoms with Crippen LogP contribution in [0.3, 0.4) is 0 Å². The summed E-state index contributed by atoms with van der Waals surface area (Å²) in [4.78, 5) is 12.0. The molecule has 0 atom stereocenters. The van der Waals surface area contributed by atoms with Gasteiger partial charge in [-0.05, 0) is 18.6 Å². The van der Waals surface area contributed by atoms with Crippen molar-refractivity contribution in [2.24, 2.45) is 0 Å². The summed E-state index contributed by atoms with van der Waals surface area (Å²) in [5.74, 6) is 0.0529. The van der Waals surface area contributed by atoms with Crippen LogP contribution >= 0.6 is 23.2 Å². The molecule has 1 aromatic carbocycles. The molecule has 0 saturated heterocycles. The van der Waals surface area contributed by atoms with Gasteiger partial charge in [-0.15, -0.1) is 0 Å². The van der Waals surface area contributed by atoms with E-state index in [2.05, 4.69) is 6.92 Å². The standard InChI is InChI=1S/C14H18Cl2O/c1-2-3-4-5-6-10-13(17)14-11(15)8-7-9-12(14)16/h7-9H,2-6,10H2,1H3. The lowest BCUT2D eigenvalue weighted by Crippen LogP contribution is -2.01. The molecule has 1 nitrogen and oxygen atoms in total. The Hall–Kier alpha value is -0.530. The van der Waals surface area contributed by atoms with E-state index in [-0.39, 0.29) is 5.78 Å². The number of unbranched alkanes of at least 4 members (excludes halogenated alkanes) is 4. The monoisotopic (exact) mass is 272 g/mol. The van der Waals surface area contributed by atoms with Gasteiger partial charge in [0.2, 0.25) is 0 Å². The highest BCUT2D eigenvalue weighted by Gasteiger charge is 2.13. The van der Waals surface area contributed by atoms with E-state index in [9.17, 15) is 4.79 Å². The molecule has 0 fully saturated rings. The summed E-state index contributed by atoms with van der Waals surface area (Å²) in [6.45, 7) is 2.18. The highest BCUT2D eigenvalue weighted by atomic mass is 35.5. The number of benzene rings is 1. The Balaban J connectivity index is 2.47. The van der Waals surface area contributed by atoms with Gasteiger partial charge in [0, 0.05) is 6.42 Å². The van der Waals surface area contributed by atoms with E-state index < -0.39 is 0 Å². The van der Waals surface area contributed by atoms with Crippen LogP contribution in [0.5, 0.6) is 0 Å². The van der Waals surface area contributed by atoms with Gasteiger partial charge < -0.3 is 0 Å². The van der Waals surface area contributed by atoms with Crippen molar-refractivity contribution in [1.29, 1.82) is 0 Å². The summed E-state index contributed by atoms with van der Waals surface area (Å²) < 4.78 is 0. The molecule has 0 unspecified atom stereocenters. The van der Waals surface area contributed by atoms with Crippen molar-refractivity contribution < 1.29 is 4.79 Å². The van der Waals surface area contributed by atoms with Gasteiger partial charge in [-0.25, -0.2) is 0 Å². The Morgan fingerprint density at radius 1 is 1.06 bits per heavy atom. The topological polar surface area (TPSA) is 17.1 Å². The first-order valence-corrected chi connectivity index (χ1v) is 6.89. The minimum Gasteiger partial charge on any atom is -0.294 e. The second-order valence-electron chi connectivity index (χ2n) is 4.18. The smallest absolute Gasteiger partial charge is 0.165 e. The van der Waals surface area contributed by atoms with Gasteiger partial charge in [-0.2, -0.15) is 0 Å². The molecule has 0 radical (unpaired) electrons. The fraction of sp³-hybridized carbons (Fsp3) is 0.500. The zero-order chi connectivity index (χ0) is 12.7. The van der Waals surface area contributed by atoms with Crippen LogP contribution in [-0.4, -0.2) is 5.78 Å². The molecule has 17 heavy (non-hydrogen) atoms. The highest BCUT2D eigenvalue weighted by molar-refractivity contribution is 6.39. The van der Waals surface area contributed by atoms with Gasteiger partial charge >= 0.3 is 0 Å². The first kappa shape index (κ1) is 14.5. The normalized spacial score (nSPS) is 10.5. The van der Waals surface area contributed by atoms with Gasteiger partial charge in [-0.1, -0.05) is 61.9 Å². The molecular formula is C14H18Cl2O. The number of carbonyl (C=O) groups is 1. The molecule has 0 bridgehead atoms. The van der Waals surface area contributed by atoms with E-state index in [4.69, 9.17) is 23.2 Å². The zero-order valence-corrected chi connectivity index (χ0v) is 11.7. The Bertz CT molecular complexity index is 354. The molecule has 0 saturated carbocycles. The molecule has 0 N–H and O–H groups in total. The molecular weight excluding hydrogens is 255 g/mol. The molecule has 94 valence electrons. The lowest BCUT2D eigenvalue weighted by Gasteiger charge is -2.05. The molecule has 1 rings (SSSR count). The highest BCUT2D eigenvalue weighted by Crippen LogP contribution is 2.26. The SMILES string of the molecule is CCCCCCCC(=O)c1c(Cl)cccc1Cl. The lowest BCUT2D eigenvalue weighted by molar-refractivity contribution is 0.0979. The van der Waals surface area contributed by atoms with Gasteiger partial charge in [0.05, 0.1) is 15.6 Å². The van der Waals surface area contributed by atoms with E-state index in [1.54, 1.807) is 18.2 Å². The van der Waals surface area contributed by atoms with Crippen molar-refractivity contribution in [3.63, 3.8) is 0 Å². The van der Waals surface area contributed by atoms with Crippen molar-refractivity contribution in [1.82, 2.24) is 0 Å². The largest absolute Gasteiger partial charge is 0.294 e. The van der Waals surface area contributed by atoms with Crippen LogP contribution in [0.2, 0.25) is 10.0 Å². The third-order valence-corrected chi connectivity index (χ3v) is 3.38. The van der Waals surface area contributed by atoms with Gasteiger partial charge in [0.25, 0.3) is 0 Å². The molecule has 0 aromatic heterocycles. The minimum atomic E-state index is 0.0529. The zero-order valence-electron chi connectivity index (χ0n) is 10.1. The van der Waals surface area contributed by atoms with Crippen molar-refractivity contribution in [2.75, 3.05) is 0 Å². The van der Waals surface area contributed by atoms with Gasteiger partial charge in [-0.3, -0.25) is 4.79 Å². The number of Topliss-reactive ketones (excluding diaryl/α,β-unsaturated/α-hetero) is 1. The second-order valence-corrected chi connectivity index (χ2v) is 5.00. The third-order valence-electron chi connectivity index (χ3n) is 2.75. The number of halogens is 2. The number of ketones is 1. The summed E-state index contributed by atoms with van der Waals surface area (Å²) in [7, 11) is 0. The molecule has 0 spiro atoms. The average molecular weight is 273 g/mol. The Morgan fingerprint density at radius 2 is 1.65 bits per heavy atom. The van der Waals surface area contributed by atoms with Crippen molar-refractivity contribution >= 4 is 29.0 Å². The van der Waals surface area contributed by atoms with Crippen molar-refractivity contribution in [3.8, 4) is 0 Å². The Labute approximate surface area is 113 Å². The molecule has 0 aliphatic heterocycles. The van der Waals surface area contributed by atoms with Crippen LogP contribution in [0.4, 0.5) is 0 Å². The van der Waals surface area contributed by atoms with Crippen LogP contribution in [0.15, 0.2) is 18.2 Å². The van der Waals surface area contributed by atoms with E-state index in [1.807, 2.05) is 0 Å². The summed E-state index contributed by atoms with van der Waals surface area (Å²) in [6, 6.07) is 5.16. The molecule has 3 heteroatoms. The quantitative estimate of drug-likeness (QED) is 0.471.